The Morgan fingerprint density at radius 2 is 2.30 bits per heavy atom. The number of rotatable bonds is 7. The van der Waals surface area contributed by atoms with Crippen LogP contribution in [0, 0.1) is 0 Å². The minimum absolute atomic E-state index is 0.710. The standard InChI is InChI=1S/C15H26N4S/c1-3-19-8-4-5-13(19)11-18(2)15-17-10-14(20-15)9-16-12-6-7-12/h10,12-13,16H,3-9,11H2,1-2H3. The van der Waals surface area contributed by atoms with E-state index in [1.54, 1.807) is 0 Å². The number of likely N-dealkylation sites (N-methyl/N-ethyl adjacent to an activating group) is 2. The van der Waals surface area contributed by atoms with E-state index >= 15 is 0 Å². The fraction of sp³-hybridized carbons (Fsp3) is 0.800. The summed E-state index contributed by atoms with van der Waals surface area (Å²) in [7, 11) is 2.18. The zero-order chi connectivity index (χ0) is 13.9. The Balaban J connectivity index is 1.52. The highest BCUT2D eigenvalue weighted by molar-refractivity contribution is 7.15. The van der Waals surface area contributed by atoms with E-state index in [1.807, 2.05) is 17.5 Å². The summed E-state index contributed by atoms with van der Waals surface area (Å²) in [5, 5.41) is 4.73. The van der Waals surface area contributed by atoms with Crippen molar-refractivity contribution in [2.45, 2.75) is 51.2 Å². The monoisotopic (exact) mass is 294 g/mol. The van der Waals surface area contributed by atoms with Crippen LogP contribution in [-0.4, -0.2) is 48.6 Å². The quantitative estimate of drug-likeness (QED) is 0.836. The van der Waals surface area contributed by atoms with Gasteiger partial charge in [-0.25, -0.2) is 4.98 Å². The lowest BCUT2D eigenvalue weighted by molar-refractivity contribution is 0.270. The van der Waals surface area contributed by atoms with Crippen molar-refractivity contribution in [3.05, 3.63) is 11.1 Å². The van der Waals surface area contributed by atoms with Crippen molar-refractivity contribution in [2.24, 2.45) is 0 Å². The van der Waals surface area contributed by atoms with Gasteiger partial charge in [-0.15, -0.1) is 11.3 Å². The van der Waals surface area contributed by atoms with Crippen LogP contribution in [0.1, 0.15) is 37.5 Å². The van der Waals surface area contributed by atoms with Gasteiger partial charge in [-0.3, -0.25) is 4.90 Å². The summed E-state index contributed by atoms with van der Waals surface area (Å²) in [4.78, 5) is 10.9. The zero-order valence-corrected chi connectivity index (χ0v) is 13.5. The minimum Gasteiger partial charge on any atom is -0.350 e. The van der Waals surface area contributed by atoms with Crippen LogP contribution in [0.3, 0.4) is 0 Å². The molecule has 2 heterocycles. The molecule has 1 aliphatic heterocycles. The van der Waals surface area contributed by atoms with Gasteiger partial charge in [0.2, 0.25) is 0 Å². The molecule has 1 N–H and O–H groups in total. The van der Waals surface area contributed by atoms with Gasteiger partial charge in [-0.2, -0.15) is 0 Å². The number of anilines is 1. The molecule has 3 rings (SSSR count). The average Bonchev–Trinajstić information content (AvgIpc) is 2.99. The molecule has 1 aromatic heterocycles. The predicted molar refractivity (Wildman–Crippen MR) is 85.5 cm³/mol. The number of hydrogen-bond donors (Lipinski definition) is 1. The summed E-state index contributed by atoms with van der Waals surface area (Å²) < 4.78 is 0. The maximum Gasteiger partial charge on any atom is 0.185 e. The first-order chi connectivity index (χ1) is 9.76. The number of likely N-dealkylation sites (tertiary alicyclic amines) is 1. The molecule has 0 spiro atoms. The fourth-order valence-electron chi connectivity index (χ4n) is 3.00. The third-order valence-electron chi connectivity index (χ3n) is 4.40. The normalized spacial score (nSPS) is 23.4. The number of nitrogens with one attached hydrogen (secondary N) is 1. The Morgan fingerprint density at radius 1 is 1.45 bits per heavy atom. The van der Waals surface area contributed by atoms with Crippen molar-refractivity contribution >= 4 is 16.5 Å². The summed E-state index contributed by atoms with van der Waals surface area (Å²) in [6.45, 7) is 6.80. The van der Waals surface area contributed by atoms with Gasteiger partial charge in [-0.1, -0.05) is 6.92 Å². The summed E-state index contributed by atoms with van der Waals surface area (Å²) in [6, 6.07) is 1.48. The molecular weight excluding hydrogens is 268 g/mol. The smallest absolute Gasteiger partial charge is 0.185 e. The molecule has 20 heavy (non-hydrogen) atoms. The first-order valence-corrected chi connectivity index (χ1v) is 8.71. The fourth-order valence-corrected chi connectivity index (χ4v) is 3.83. The maximum absolute atomic E-state index is 4.59. The molecule has 4 nitrogen and oxygen atoms in total. The SMILES string of the molecule is CCN1CCCC1CN(C)c1ncc(CNC2CC2)s1. The van der Waals surface area contributed by atoms with Gasteiger partial charge in [0, 0.05) is 43.3 Å². The van der Waals surface area contributed by atoms with Gasteiger partial charge in [0.15, 0.2) is 5.13 Å². The second-order valence-electron chi connectivity index (χ2n) is 6.07. The van der Waals surface area contributed by atoms with Crippen LogP contribution in [-0.2, 0) is 6.54 Å². The lowest BCUT2D eigenvalue weighted by Gasteiger charge is -2.27. The van der Waals surface area contributed by atoms with E-state index in [2.05, 4.69) is 34.1 Å². The van der Waals surface area contributed by atoms with Crippen LogP contribution in [0.15, 0.2) is 6.20 Å². The highest BCUT2D eigenvalue weighted by Gasteiger charge is 2.25. The van der Waals surface area contributed by atoms with Crippen LogP contribution in [0.5, 0.6) is 0 Å². The van der Waals surface area contributed by atoms with Gasteiger partial charge < -0.3 is 10.2 Å². The van der Waals surface area contributed by atoms with E-state index in [-0.39, 0.29) is 0 Å². The van der Waals surface area contributed by atoms with Crippen LogP contribution in [0.25, 0.3) is 0 Å². The molecule has 1 atom stereocenters. The van der Waals surface area contributed by atoms with E-state index in [0.717, 1.165) is 19.1 Å². The third kappa shape index (κ3) is 3.51. The van der Waals surface area contributed by atoms with Crippen molar-refractivity contribution in [3.63, 3.8) is 0 Å². The zero-order valence-electron chi connectivity index (χ0n) is 12.6. The lowest BCUT2D eigenvalue weighted by Crippen LogP contribution is -2.38. The van der Waals surface area contributed by atoms with Crippen LogP contribution in [0.4, 0.5) is 5.13 Å². The molecule has 1 aromatic rings. The molecule has 0 bridgehead atoms. The molecule has 1 saturated carbocycles. The molecule has 0 amide bonds. The van der Waals surface area contributed by atoms with E-state index in [4.69, 9.17) is 0 Å². The Morgan fingerprint density at radius 3 is 3.05 bits per heavy atom. The third-order valence-corrected chi connectivity index (χ3v) is 5.51. The molecule has 5 heteroatoms. The van der Waals surface area contributed by atoms with E-state index in [1.165, 1.54) is 48.8 Å². The molecule has 2 aliphatic rings. The second-order valence-corrected chi connectivity index (χ2v) is 7.16. The highest BCUT2D eigenvalue weighted by Crippen LogP contribution is 2.25. The first-order valence-electron chi connectivity index (χ1n) is 7.89. The Hall–Kier alpha value is -0.650. The van der Waals surface area contributed by atoms with E-state index in [9.17, 15) is 0 Å². The molecule has 1 aliphatic carbocycles. The van der Waals surface area contributed by atoms with E-state index < -0.39 is 0 Å². The van der Waals surface area contributed by atoms with Crippen molar-refractivity contribution in [2.75, 3.05) is 31.6 Å². The maximum atomic E-state index is 4.59. The molecule has 1 saturated heterocycles. The number of hydrogen-bond acceptors (Lipinski definition) is 5. The molecule has 0 radical (unpaired) electrons. The average molecular weight is 294 g/mol. The largest absolute Gasteiger partial charge is 0.350 e. The summed E-state index contributed by atoms with van der Waals surface area (Å²) in [6.07, 6.45) is 7.42. The Kier molecular flexibility index (Phi) is 4.58. The molecule has 2 fully saturated rings. The highest BCUT2D eigenvalue weighted by atomic mass is 32.1. The summed E-state index contributed by atoms with van der Waals surface area (Å²) >= 11 is 1.84. The number of nitrogens with zero attached hydrogens (tertiary/aromatic N) is 3. The summed E-state index contributed by atoms with van der Waals surface area (Å²) in [5.41, 5.74) is 0. The second kappa shape index (κ2) is 6.41. The molecule has 0 aromatic carbocycles. The van der Waals surface area contributed by atoms with Crippen LogP contribution >= 0.6 is 11.3 Å². The molecule has 112 valence electrons. The number of aromatic nitrogens is 1. The number of thiazole rings is 1. The van der Waals surface area contributed by atoms with Crippen LogP contribution < -0.4 is 10.2 Å². The topological polar surface area (TPSA) is 31.4 Å². The van der Waals surface area contributed by atoms with Crippen molar-refractivity contribution < 1.29 is 0 Å². The lowest BCUT2D eigenvalue weighted by atomic mass is 10.2. The Labute approximate surface area is 126 Å². The minimum atomic E-state index is 0.710. The molecule has 1 unspecified atom stereocenters. The van der Waals surface area contributed by atoms with Gasteiger partial charge in [-0.05, 0) is 38.8 Å². The first kappa shape index (κ1) is 14.3. The predicted octanol–water partition coefficient (Wildman–Crippen LogP) is 2.32. The van der Waals surface area contributed by atoms with Gasteiger partial charge >= 0.3 is 0 Å². The Bertz CT molecular complexity index is 429. The van der Waals surface area contributed by atoms with Crippen molar-refractivity contribution in [3.8, 4) is 0 Å². The van der Waals surface area contributed by atoms with Gasteiger partial charge in [0.1, 0.15) is 0 Å². The van der Waals surface area contributed by atoms with Crippen molar-refractivity contribution in [1.82, 2.24) is 15.2 Å². The van der Waals surface area contributed by atoms with Gasteiger partial charge in [0.25, 0.3) is 0 Å². The van der Waals surface area contributed by atoms with E-state index in [0.29, 0.717) is 6.04 Å². The van der Waals surface area contributed by atoms with Crippen molar-refractivity contribution in [1.29, 1.82) is 0 Å². The summed E-state index contributed by atoms with van der Waals surface area (Å²) in [5.74, 6) is 0. The van der Waals surface area contributed by atoms with Gasteiger partial charge in [0.05, 0.1) is 0 Å². The molecular formula is C15H26N4S. The van der Waals surface area contributed by atoms with Crippen LogP contribution in [0.2, 0.25) is 0 Å².